The third kappa shape index (κ3) is 3.62. The zero-order valence-corrected chi connectivity index (χ0v) is 14.4. The lowest BCUT2D eigenvalue weighted by Crippen LogP contribution is -2.28. The SMILES string of the molecule is CCNC(c1ccc(C(C)(C)C)s1)C1CCS(=O)(=O)C1. The van der Waals surface area contributed by atoms with E-state index in [1.807, 2.05) is 11.3 Å². The lowest BCUT2D eigenvalue weighted by molar-refractivity contribution is 0.406. The summed E-state index contributed by atoms with van der Waals surface area (Å²) in [5, 5.41) is 3.49. The highest BCUT2D eigenvalue weighted by Crippen LogP contribution is 2.38. The van der Waals surface area contributed by atoms with Crippen LogP contribution in [0.4, 0.5) is 0 Å². The number of nitrogens with one attached hydrogen (secondary N) is 1. The third-order valence-corrected chi connectivity index (χ3v) is 7.22. The van der Waals surface area contributed by atoms with Gasteiger partial charge in [-0.1, -0.05) is 27.7 Å². The average Bonchev–Trinajstić information content (AvgIpc) is 2.92. The molecule has 0 aromatic carbocycles. The van der Waals surface area contributed by atoms with Gasteiger partial charge in [-0.2, -0.15) is 0 Å². The molecule has 5 heteroatoms. The monoisotopic (exact) mass is 315 g/mol. The Hall–Kier alpha value is -0.390. The van der Waals surface area contributed by atoms with Crippen molar-refractivity contribution in [3.05, 3.63) is 21.9 Å². The van der Waals surface area contributed by atoms with Crippen LogP contribution in [-0.4, -0.2) is 26.5 Å². The van der Waals surface area contributed by atoms with Crippen molar-refractivity contribution in [2.24, 2.45) is 5.92 Å². The molecule has 1 aromatic heterocycles. The summed E-state index contributed by atoms with van der Waals surface area (Å²) in [5.74, 6) is 0.885. The molecular formula is C15H25NO2S2. The molecule has 0 bridgehead atoms. The van der Waals surface area contributed by atoms with Crippen LogP contribution in [-0.2, 0) is 15.3 Å². The van der Waals surface area contributed by atoms with Crippen LogP contribution in [0.1, 0.15) is 49.9 Å². The van der Waals surface area contributed by atoms with E-state index in [1.165, 1.54) is 9.75 Å². The fourth-order valence-electron chi connectivity index (χ4n) is 2.73. The Morgan fingerprint density at radius 3 is 2.55 bits per heavy atom. The Labute approximate surface area is 126 Å². The van der Waals surface area contributed by atoms with Crippen molar-refractivity contribution in [3.63, 3.8) is 0 Å². The summed E-state index contributed by atoms with van der Waals surface area (Å²) in [6.07, 6.45) is 0.781. The highest BCUT2D eigenvalue weighted by atomic mass is 32.2. The van der Waals surface area contributed by atoms with E-state index >= 15 is 0 Å². The van der Waals surface area contributed by atoms with Crippen LogP contribution in [0.3, 0.4) is 0 Å². The molecule has 1 N–H and O–H groups in total. The Bertz CT molecular complexity index is 555. The van der Waals surface area contributed by atoms with E-state index in [-0.39, 0.29) is 17.4 Å². The van der Waals surface area contributed by atoms with Crippen molar-refractivity contribution in [3.8, 4) is 0 Å². The summed E-state index contributed by atoms with van der Waals surface area (Å²) in [7, 11) is -2.82. The van der Waals surface area contributed by atoms with Crippen molar-refractivity contribution in [1.29, 1.82) is 0 Å². The molecule has 0 spiro atoms. The molecule has 2 atom stereocenters. The lowest BCUT2D eigenvalue weighted by atomic mass is 9.94. The molecule has 2 unspecified atom stereocenters. The predicted molar refractivity (Wildman–Crippen MR) is 86.2 cm³/mol. The van der Waals surface area contributed by atoms with E-state index in [4.69, 9.17) is 0 Å². The van der Waals surface area contributed by atoms with Gasteiger partial charge in [-0.15, -0.1) is 11.3 Å². The van der Waals surface area contributed by atoms with Gasteiger partial charge in [0.1, 0.15) is 0 Å². The van der Waals surface area contributed by atoms with E-state index in [1.54, 1.807) is 0 Å². The molecule has 1 fully saturated rings. The number of hydrogen-bond donors (Lipinski definition) is 1. The summed E-state index contributed by atoms with van der Waals surface area (Å²) < 4.78 is 23.4. The van der Waals surface area contributed by atoms with Gasteiger partial charge in [0.25, 0.3) is 0 Å². The average molecular weight is 316 g/mol. The van der Waals surface area contributed by atoms with Gasteiger partial charge in [0, 0.05) is 15.8 Å². The molecule has 114 valence electrons. The maximum Gasteiger partial charge on any atom is 0.150 e. The number of hydrogen-bond acceptors (Lipinski definition) is 4. The fourth-order valence-corrected chi connectivity index (χ4v) is 5.80. The van der Waals surface area contributed by atoms with Gasteiger partial charge in [-0.25, -0.2) is 8.42 Å². The fraction of sp³-hybridized carbons (Fsp3) is 0.733. The van der Waals surface area contributed by atoms with Gasteiger partial charge < -0.3 is 5.32 Å². The van der Waals surface area contributed by atoms with Crippen molar-refractivity contribution in [1.82, 2.24) is 5.32 Å². The molecule has 1 aliphatic heterocycles. The van der Waals surface area contributed by atoms with Crippen LogP contribution in [0.15, 0.2) is 12.1 Å². The lowest BCUT2D eigenvalue weighted by Gasteiger charge is -2.22. The summed E-state index contributed by atoms with van der Waals surface area (Å²) in [6, 6.07) is 4.54. The van der Waals surface area contributed by atoms with Crippen LogP contribution in [0, 0.1) is 5.92 Å². The second-order valence-electron chi connectivity index (χ2n) is 6.65. The summed E-state index contributed by atoms with van der Waals surface area (Å²) in [5.41, 5.74) is 0.154. The van der Waals surface area contributed by atoms with Crippen molar-refractivity contribution in [2.75, 3.05) is 18.1 Å². The van der Waals surface area contributed by atoms with Crippen molar-refractivity contribution >= 4 is 21.2 Å². The quantitative estimate of drug-likeness (QED) is 0.928. The topological polar surface area (TPSA) is 46.2 Å². The molecular weight excluding hydrogens is 290 g/mol. The van der Waals surface area contributed by atoms with Gasteiger partial charge in [0.15, 0.2) is 9.84 Å². The Morgan fingerprint density at radius 2 is 2.10 bits per heavy atom. The van der Waals surface area contributed by atoms with Crippen molar-refractivity contribution < 1.29 is 8.42 Å². The molecule has 20 heavy (non-hydrogen) atoms. The summed E-state index contributed by atoms with van der Waals surface area (Å²) in [4.78, 5) is 2.63. The Kier molecular flexibility index (Phi) is 4.62. The molecule has 1 aromatic rings. The van der Waals surface area contributed by atoms with Gasteiger partial charge in [-0.05, 0) is 36.4 Å². The smallest absolute Gasteiger partial charge is 0.150 e. The second-order valence-corrected chi connectivity index (χ2v) is 9.99. The van der Waals surface area contributed by atoms with Gasteiger partial charge >= 0.3 is 0 Å². The summed E-state index contributed by atoms with van der Waals surface area (Å²) in [6.45, 7) is 9.58. The van der Waals surface area contributed by atoms with Crippen molar-refractivity contribution in [2.45, 2.75) is 45.6 Å². The maximum atomic E-state index is 11.7. The van der Waals surface area contributed by atoms with E-state index in [2.05, 4.69) is 45.1 Å². The number of rotatable bonds is 4. The third-order valence-electron chi connectivity index (χ3n) is 3.84. The molecule has 0 aliphatic carbocycles. The van der Waals surface area contributed by atoms with Gasteiger partial charge in [-0.3, -0.25) is 0 Å². The zero-order chi connectivity index (χ0) is 15.0. The Balaban J connectivity index is 2.23. The summed E-state index contributed by atoms with van der Waals surface area (Å²) >= 11 is 1.82. The molecule has 1 saturated heterocycles. The minimum absolute atomic E-state index is 0.154. The molecule has 2 rings (SSSR count). The molecule has 2 heterocycles. The predicted octanol–water partition coefficient (Wildman–Crippen LogP) is 3.13. The largest absolute Gasteiger partial charge is 0.309 e. The minimum atomic E-state index is -2.82. The highest BCUT2D eigenvalue weighted by Gasteiger charge is 2.35. The molecule has 0 radical (unpaired) electrons. The molecule has 3 nitrogen and oxygen atoms in total. The van der Waals surface area contributed by atoms with E-state index < -0.39 is 9.84 Å². The first-order chi connectivity index (χ1) is 9.23. The second kappa shape index (κ2) is 5.78. The first kappa shape index (κ1) is 16.0. The van der Waals surface area contributed by atoms with Crippen LogP contribution in [0.2, 0.25) is 0 Å². The van der Waals surface area contributed by atoms with Crippen LogP contribution in [0.5, 0.6) is 0 Å². The molecule has 0 saturated carbocycles. The van der Waals surface area contributed by atoms with Crippen LogP contribution in [0.25, 0.3) is 0 Å². The normalized spacial score (nSPS) is 23.9. The van der Waals surface area contributed by atoms with E-state index in [0.717, 1.165) is 13.0 Å². The highest BCUT2D eigenvalue weighted by molar-refractivity contribution is 7.91. The van der Waals surface area contributed by atoms with E-state index in [9.17, 15) is 8.42 Å². The zero-order valence-electron chi connectivity index (χ0n) is 12.8. The first-order valence-electron chi connectivity index (χ1n) is 7.27. The Morgan fingerprint density at radius 1 is 1.40 bits per heavy atom. The van der Waals surface area contributed by atoms with Gasteiger partial charge in [0.2, 0.25) is 0 Å². The van der Waals surface area contributed by atoms with Crippen LogP contribution < -0.4 is 5.32 Å². The molecule has 0 amide bonds. The number of sulfone groups is 1. The van der Waals surface area contributed by atoms with Crippen LogP contribution >= 0.6 is 11.3 Å². The van der Waals surface area contributed by atoms with Gasteiger partial charge in [0.05, 0.1) is 11.5 Å². The first-order valence-corrected chi connectivity index (χ1v) is 9.91. The number of thiophene rings is 1. The standard InChI is InChI=1S/C15H25NO2S2/c1-5-16-14(11-8-9-20(17,18)10-11)12-6-7-13(19-12)15(2,3)4/h6-7,11,14,16H,5,8-10H2,1-4H3. The molecule has 1 aliphatic rings. The minimum Gasteiger partial charge on any atom is -0.309 e. The maximum absolute atomic E-state index is 11.7. The van der Waals surface area contributed by atoms with E-state index in [0.29, 0.717) is 11.5 Å².